The van der Waals surface area contributed by atoms with Crippen molar-refractivity contribution in [2.75, 3.05) is 17.8 Å². The van der Waals surface area contributed by atoms with Crippen molar-refractivity contribution in [3.8, 4) is 0 Å². The van der Waals surface area contributed by atoms with Gasteiger partial charge in [-0.15, -0.1) is 0 Å². The number of amides is 1. The Kier molecular flexibility index (Phi) is 5.85. The van der Waals surface area contributed by atoms with Gasteiger partial charge in [0.05, 0.1) is 21.1 Å². The zero-order valence-electron chi connectivity index (χ0n) is 14.8. The topological polar surface area (TPSA) is 110 Å². The lowest BCUT2D eigenvalue weighted by atomic mass is 10.1. The van der Waals surface area contributed by atoms with Crippen LogP contribution >= 0.6 is 11.6 Å². The maximum absolute atomic E-state index is 12.8. The van der Waals surface area contributed by atoms with Crippen LogP contribution in [0.1, 0.15) is 29.6 Å². The third kappa shape index (κ3) is 4.26. The molecule has 2 aromatic rings. The van der Waals surface area contributed by atoms with Crippen molar-refractivity contribution in [1.82, 2.24) is 4.90 Å². The maximum atomic E-state index is 12.8. The maximum Gasteiger partial charge on any atom is 0.289 e. The van der Waals surface area contributed by atoms with Crippen LogP contribution in [0, 0.1) is 10.1 Å². The molecule has 1 aliphatic heterocycles. The third-order valence-electron chi connectivity index (χ3n) is 4.47. The average molecular weight is 424 g/mol. The number of nitro benzene ring substituents is 1. The molecule has 148 valence electrons. The van der Waals surface area contributed by atoms with Crippen LogP contribution in [0.4, 0.5) is 11.4 Å². The van der Waals surface area contributed by atoms with Crippen LogP contribution in [0.2, 0.25) is 5.02 Å². The van der Waals surface area contributed by atoms with E-state index in [9.17, 15) is 23.3 Å². The summed E-state index contributed by atoms with van der Waals surface area (Å²) in [6.07, 6.45) is 2.88. The Labute approximate surface area is 167 Å². The van der Waals surface area contributed by atoms with Crippen LogP contribution in [0.15, 0.2) is 47.4 Å². The van der Waals surface area contributed by atoms with E-state index < -0.39 is 20.6 Å². The number of nitro groups is 1. The lowest BCUT2D eigenvalue weighted by Gasteiger charge is -2.27. The highest BCUT2D eigenvalue weighted by atomic mass is 35.5. The van der Waals surface area contributed by atoms with Gasteiger partial charge in [-0.1, -0.05) is 23.7 Å². The molecule has 0 aromatic heterocycles. The van der Waals surface area contributed by atoms with E-state index in [4.69, 9.17) is 11.6 Å². The summed E-state index contributed by atoms with van der Waals surface area (Å²) < 4.78 is 27.8. The number of nitrogens with one attached hydrogen (secondary N) is 1. The lowest BCUT2D eigenvalue weighted by Crippen LogP contribution is -2.36. The minimum atomic E-state index is -4.16. The summed E-state index contributed by atoms with van der Waals surface area (Å²) in [5.41, 5.74) is -0.158. The molecular formula is C18H18ClN3O5S. The number of rotatable bonds is 5. The van der Waals surface area contributed by atoms with Gasteiger partial charge in [0.1, 0.15) is 5.02 Å². The van der Waals surface area contributed by atoms with Crippen LogP contribution in [0.25, 0.3) is 0 Å². The predicted octanol–water partition coefficient (Wildman–Crippen LogP) is 3.68. The van der Waals surface area contributed by atoms with Crippen LogP contribution < -0.4 is 4.72 Å². The van der Waals surface area contributed by atoms with Gasteiger partial charge >= 0.3 is 0 Å². The molecule has 1 fully saturated rings. The van der Waals surface area contributed by atoms with E-state index in [0.29, 0.717) is 13.1 Å². The molecule has 1 amide bonds. The number of carbonyl (C=O) groups excluding carboxylic acids is 1. The van der Waals surface area contributed by atoms with Crippen LogP contribution in [0.3, 0.4) is 0 Å². The number of nitrogens with zero attached hydrogens (tertiary/aromatic N) is 2. The fourth-order valence-corrected chi connectivity index (χ4v) is 4.32. The van der Waals surface area contributed by atoms with Gasteiger partial charge in [-0.25, -0.2) is 8.42 Å². The highest BCUT2D eigenvalue weighted by molar-refractivity contribution is 7.92. The number of hydrogen-bond donors (Lipinski definition) is 1. The second kappa shape index (κ2) is 8.15. The first-order valence-corrected chi connectivity index (χ1v) is 10.5. The molecule has 1 aliphatic rings. The van der Waals surface area contributed by atoms with E-state index >= 15 is 0 Å². The minimum absolute atomic E-state index is 0.121. The van der Waals surface area contributed by atoms with E-state index in [-0.39, 0.29) is 27.1 Å². The van der Waals surface area contributed by atoms with Gasteiger partial charge in [0.2, 0.25) is 0 Å². The fourth-order valence-electron chi connectivity index (χ4n) is 3.03. The number of sulfonamides is 1. The number of para-hydroxylation sites is 1. The monoisotopic (exact) mass is 423 g/mol. The van der Waals surface area contributed by atoms with Gasteiger partial charge in [0.25, 0.3) is 21.6 Å². The van der Waals surface area contributed by atoms with Gasteiger partial charge in [-0.2, -0.15) is 0 Å². The third-order valence-corrected chi connectivity index (χ3v) is 6.15. The molecule has 0 unspecified atom stereocenters. The smallest absolute Gasteiger partial charge is 0.289 e. The Morgan fingerprint density at radius 3 is 2.46 bits per heavy atom. The SMILES string of the molecule is O=C(c1ccccc1NS(=O)(=O)c1ccc(Cl)c([N+](=O)[O-])c1)N1CCCCC1. The summed E-state index contributed by atoms with van der Waals surface area (Å²) >= 11 is 5.75. The zero-order chi connectivity index (χ0) is 20.3. The Morgan fingerprint density at radius 1 is 1.11 bits per heavy atom. The van der Waals surface area contributed by atoms with E-state index in [1.165, 1.54) is 12.1 Å². The Morgan fingerprint density at radius 2 is 1.79 bits per heavy atom. The number of piperidine rings is 1. The molecule has 0 saturated carbocycles. The van der Waals surface area contributed by atoms with Gasteiger partial charge in [0, 0.05) is 19.2 Å². The number of benzene rings is 2. The van der Waals surface area contributed by atoms with Crippen molar-refractivity contribution in [3.63, 3.8) is 0 Å². The number of anilines is 1. The second-order valence-electron chi connectivity index (χ2n) is 6.37. The number of likely N-dealkylation sites (tertiary alicyclic amines) is 1. The molecule has 1 saturated heterocycles. The highest BCUT2D eigenvalue weighted by Crippen LogP contribution is 2.29. The van der Waals surface area contributed by atoms with Gasteiger partial charge in [-0.05, 0) is 43.5 Å². The van der Waals surface area contributed by atoms with E-state index in [2.05, 4.69) is 4.72 Å². The lowest BCUT2D eigenvalue weighted by molar-refractivity contribution is -0.384. The van der Waals surface area contributed by atoms with E-state index in [1.807, 2.05) is 0 Å². The molecule has 1 heterocycles. The molecule has 0 spiro atoms. The van der Waals surface area contributed by atoms with Crippen molar-refractivity contribution in [2.45, 2.75) is 24.2 Å². The molecule has 28 heavy (non-hydrogen) atoms. The molecule has 3 rings (SSSR count). The summed E-state index contributed by atoms with van der Waals surface area (Å²) in [6.45, 7) is 1.26. The molecule has 10 heteroatoms. The summed E-state index contributed by atoms with van der Waals surface area (Å²) in [7, 11) is -4.16. The standard InChI is InChI=1S/C18H18ClN3O5S/c19-15-9-8-13(12-17(15)22(24)25)28(26,27)20-16-7-3-2-6-14(16)18(23)21-10-4-1-5-11-21/h2-3,6-9,12,20H,1,4-5,10-11H2. The Hall–Kier alpha value is -2.65. The quantitative estimate of drug-likeness (QED) is 0.582. The zero-order valence-corrected chi connectivity index (χ0v) is 16.4. The molecule has 0 bridgehead atoms. The molecule has 8 nitrogen and oxygen atoms in total. The number of carbonyl (C=O) groups is 1. The van der Waals surface area contributed by atoms with Crippen molar-refractivity contribution >= 4 is 38.9 Å². The minimum Gasteiger partial charge on any atom is -0.339 e. The van der Waals surface area contributed by atoms with E-state index in [1.54, 1.807) is 23.1 Å². The van der Waals surface area contributed by atoms with Crippen LogP contribution in [-0.2, 0) is 10.0 Å². The van der Waals surface area contributed by atoms with Gasteiger partial charge in [-0.3, -0.25) is 19.6 Å². The largest absolute Gasteiger partial charge is 0.339 e. The summed E-state index contributed by atoms with van der Waals surface area (Å²) in [5, 5.41) is 10.9. The first kappa shape index (κ1) is 20.1. The summed E-state index contributed by atoms with van der Waals surface area (Å²) in [4.78, 5) is 24.5. The Balaban J connectivity index is 1.92. The highest BCUT2D eigenvalue weighted by Gasteiger charge is 2.25. The Bertz CT molecular complexity index is 1020. The van der Waals surface area contributed by atoms with Crippen LogP contribution in [-0.4, -0.2) is 37.2 Å². The van der Waals surface area contributed by atoms with Crippen molar-refractivity contribution in [1.29, 1.82) is 0 Å². The predicted molar refractivity (Wildman–Crippen MR) is 105 cm³/mol. The second-order valence-corrected chi connectivity index (χ2v) is 8.46. The molecule has 0 radical (unpaired) electrons. The van der Waals surface area contributed by atoms with Crippen molar-refractivity contribution in [2.24, 2.45) is 0 Å². The number of hydrogen-bond acceptors (Lipinski definition) is 5. The molecule has 2 aromatic carbocycles. The summed E-state index contributed by atoms with van der Waals surface area (Å²) in [5.74, 6) is -0.250. The molecule has 0 atom stereocenters. The molecule has 0 aliphatic carbocycles. The first-order chi connectivity index (χ1) is 13.3. The fraction of sp³-hybridized carbons (Fsp3) is 0.278. The average Bonchev–Trinajstić information content (AvgIpc) is 2.68. The molecule has 1 N–H and O–H groups in total. The summed E-state index contributed by atoms with van der Waals surface area (Å²) in [6, 6.07) is 9.51. The van der Waals surface area contributed by atoms with Crippen molar-refractivity contribution in [3.05, 3.63) is 63.2 Å². The number of halogens is 1. The van der Waals surface area contributed by atoms with Crippen LogP contribution in [0.5, 0.6) is 0 Å². The van der Waals surface area contributed by atoms with Crippen molar-refractivity contribution < 1.29 is 18.1 Å². The molecular weight excluding hydrogens is 406 g/mol. The van der Waals surface area contributed by atoms with Gasteiger partial charge < -0.3 is 4.90 Å². The van der Waals surface area contributed by atoms with E-state index in [0.717, 1.165) is 31.4 Å². The van der Waals surface area contributed by atoms with Gasteiger partial charge in [0.15, 0.2) is 0 Å². The normalized spacial score (nSPS) is 14.5. The first-order valence-electron chi connectivity index (χ1n) is 8.64.